The van der Waals surface area contributed by atoms with E-state index >= 15 is 0 Å². The molecule has 4 heteroatoms. The third kappa shape index (κ3) is 3.33. The van der Waals surface area contributed by atoms with Gasteiger partial charge in [0.2, 0.25) is 0 Å². The number of hydrogen-bond donors (Lipinski definition) is 0. The Morgan fingerprint density at radius 2 is 1.86 bits per heavy atom. The summed E-state index contributed by atoms with van der Waals surface area (Å²) in [7, 11) is 0. The highest BCUT2D eigenvalue weighted by atomic mass is 16.5. The van der Waals surface area contributed by atoms with Crippen LogP contribution in [0.1, 0.15) is 32.3 Å². The Kier molecular flexibility index (Phi) is 4.79. The van der Waals surface area contributed by atoms with Gasteiger partial charge in [0.15, 0.2) is 0 Å². The van der Waals surface area contributed by atoms with Gasteiger partial charge in [0.1, 0.15) is 6.10 Å². The molecule has 3 unspecified atom stereocenters. The maximum atomic E-state index is 12.5. The first-order valence-corrected chi connectivity index (χ1v) is 8.35. The van der Waals surface area contributed by atoms with Gasteiger partial charge in [-0.1, -0.05) is 30.3 Å². The zero-order chi connectivity index (χ0) is 15.5. The number of piperazine rings is 1. The third-order valence-electron chi connectivity index (χ3n) is 4.83. The summed E-state index contributed by atoms with van der Waals surface area (Å²) in [5, 5.41) is 0. The van der Waals surface area contributed by atoms with E-state index in [1.54, 1.807) is 0 Å². The van der Waals surface area contributed by atoms with Crippen LogP contribution in [0.25, 0.3) is 0 Å². The van der Waals surface area contributed by atoms with E-state index in [4.69, 9.17) is 4.74 Å². The van der Waals surface area contributed by atoms with Crippen LogP contribution in [-0.2, 0) is 16.1 Å². The van der Waals surface area contributed by atoms with Crippen molar-refractivity contribution in [1.29, 1.82) is 0 Å². The fraction of sp³-hybridized carbons (Fsp3) is 0.611. The molecule has 2 aliphatic rings. The van der Waals surface area contributed by atoms with Crippen LogP contribution >= 0.6 is 0 Å². The third-order valence-corrected chi connectivity index (χ3v) is 4.83. The molecule has 4 nitrogen and oxygen atoms in total. The highest BCUT2D eigenvalue weighted by molar-refractivity contribution is 5.81. The van der Waals surface area contributed by atoms with Crippen molar-refractivity contribution in [1.82, 2.24) is 9.80 Å². The summed E-state index contributed by atoms with van der Waals surface area (Å²) in [6, 6.07) is 11.3. The van der Waals surface area contributed by atoms with Gasteiger partial charge >= 0.3 is 0 Å². The second-order valence-electron chi connectivity index (χ2n) is 6.60. The van der Waals surface area contributed by atoms with Crippen molar-refractivity contribution in [2.45, 2.75) is 51.4 Å². The summed E-state index contributed by atoms with van der Waals surface area (Å²) < 4.78 is 5.56. The van der Waals surface area contributed by atoms with Gasteiger partial charge in [0.25, 0.3) is 5.91 Å². The van der Waals surface area contributed by atoms with Crippen LogP contribution < -0.4 is 0 Å². The first-order chi connectivity index (χ1) is 10.6. The Morgan fingerprint density at radius 3 is 2.45 bits per heavy atom. The summed E-state index contributed by atoms with van der Waals surface area (Å²) in [5.74, 6) is 0.190. The Bertz CT molecular complexity index is 487. The van der Waals surface area contributed by atoms with E-state index in [-0.39, 0.29) is 12.0 Å². The minimum Gasteiger partial charge on any atom is -0.368 e. The van der Waals surface area contributed by atoms with E-state index in [9.17, 15) is 4.79 Å². The maximum absolute atomic E-state index is 12.5. The number of ether oxygens (including phenoxy) is 1. The molecule has 2 fully saturated rings. The lowest BCUT2D eigenvalue weighted by Crippen LogP contribution is -2.59. The largest absolute Gasteiger partial charge is 0.368 e. The molecule has 2 saturated heterocycles. The van der Waals surface area contributed by atoms with Gasteiger partial charge in [0, 0.05) is 38.3 Å². The van der Waals surface area contributed by atoms with Crippen LogP contribution in [0, 0.1) is 0 Å². The summed E-state index contributed by atoms with van der Waals surface area (Å²) in [4.78, 5) is 17.0. The molecule has 22 heavy (non-hydrogen) atoms. The molecule has 0 saturated carbocycles. The van der Waals surface area contributed by atoms with Crippen molar-refractivity contribution in [2.75, 3.05) is 19.7 Å². The van der Waals surface area contributed by atoms with Gasteiger partial charge in [-0.2, -0.15) is 0 Å². The Balaban J connectivity index is 1.62. The lowest BCUT2D eigenvalue weighted by molar-refractivity contribution is -0.145. The molecule has 0 aliphatic carbocycles. The molecule has 0 bridgehead atoms. The highest BCUT2D eigenvalue weighted by Crippen LogP contribution is 2.22. The van der Waals surface area contributed by atoms with Crippen LogP contribution in [-0.4, -0.2) is 53.6 Å². The zero-order valence-corrected chi connectivity index (χ0v) is 13.6. The zero-order valence-electron chi connectivity index (χ0n) is 13.6. The number of amides is 1. The second-order valence-corrected chi connectivity index (χ2v) is 6.60. The summed E-state index contributed by atoms with van der Waals surface area (Å²) in [5.41, 5.74) is 1.33. The molecule has 0 spiro atoms. The summed E-state index contributed by atoms with van der Waals surface area (Å²) in [6.45, 7) is 7.72. The van der Waals surface area contributed by atoms with Gasteiger partial charge in [-0.05, 0) is 32.3 Å². The van der Waals surface area contributed by atoms with Crippen molar-refractivity contribution in [3.63, 3.8) is 0 Å². The number of nitrogens with zero attached hydrogens (tertiary/aromatic N) is 2. The number of hydrogen-bond acceptors (Lipinski definition) is 3. The Morgan fingerprint density at radius 1 is 1.18 bits per heavy atom. The van der Waals surface area contributed by atoms with Crippen molar-refractivity contribution in [2.24, 2.45) is 0 Å². The van der Waals surface area contributed by atoms with E-state index in [1.807, 2.05) is 4.90 Å². The lowest BCUT2D eigenvalue weighted by atomic mass is 10.0. The van der Waals surface area contributed by atoms with E-state index in [0.29, 0.717) is 12.1 Å². The van der Waals surface area contributed by atoms with Gasteiger partial charge in [-0.25, -0.2) is 0 Å². The lowest BCUT2D eigenvalue weighted by Gasteiger charge is -2.45. The molecule has 3 rings (SSSR count). The molecule has 2 aliphatic heterocycles. The summed E-state index contributed by atoms with van der Waals surface area (Å²) in [6.07, 6.45) is 1.70. The molecule has 1 aromatic carbocycles. The van der Waals surface area contributed by atoms with Gasteiger partial charge in [0.05, 0.1) is 0 Å². The molecule has 1 aromatic rings. The van der Waals surface area contributed by atoms with Crippen LogP contribution in [0.2, 0.25) is 0 Å². The van der Waals surface area contributed by atoms with Crippen molar-refractivity contribution in [3.05, 3.63) is 35.9 Å². The number of benzene rings is 1. The normalized spacial score (nSPS) is 29.7. The van der Waals surface area contributed by atoms with Crippen molar-refractivity contribution < 1.29 is 9.53 Å². The van der Waals surface area contributed by atoms with Gasteiger partial charge in [-0.15, -0.1) is 0 Å². The fourth-order valence-corrected chi connectivity index (χ4v) is 3.62. The highest BCUT2D eigenvalue weighted by Gasteiger charge is 2.35. The molecule has 120 valence electrons. The Labute approximate surface area is 133 Å². The van der Waals surface area contributed by atoms with Crippen LogP contribution in [0.3, 0.4) is 0 Å². The molecular formula is C18H26N2O2. The molecule has 0 aromatic heterocycles. The van der Waals surface area contributed by atoms with E-state index in [1.165, 1.54) is 5.56 Å². The number of rotatable bonds is 3. The molecule has 1 amide bonds. The topological polar surface area (TPSA) is 32.8 Å². The van der Waals surface area contributed by atoms with Crippen LogP contribution in [0.4, 0.5) is 0 Å². The predicted molar refractivity (Wildman–Crippen MR) is 86.5 cm³/mol. The SMILES string of the molecule is CC1CN(C(=O)C2CCCO2)CC(C)N1Cc1ccccc1. The second kappa shape index (κ2) is 6.80. The van der Waals surface area contributed by atoms with Crippen molar-refractivity contribution in [3.8, 4) is 0 Å². The summed E-state index contributed by atoms with van der Waals surface area (Å²) >= 11 is 0. The quantitative estimate of drug-likeness (QED) is 0.859. The average Bonchev–Trinajstić information content (AvgIpc) is 3.05. The standard InChI is InChI=1S/C18H26N2O2/c1-14-11-19(18(21)17-9-6-10-22-17)12-15(2)20(14)13-16-7-4-3-5-8-16/h3-5,7-8,14-15,17H,6,9-13H2,1-2H3. The first-order valence-electron chi connectivity index (χ1n) is 8.35. The van der Waals surface area contributed by atoms with E-state index in [2.05, 4.69) is 49.1 Å². The van der Waals surface area contributed by atoms with Crippen molar-refractivity contribution >= 4 is 5.91 Å². The maximum Gasteiger partial charge on any atom is 0.251 e. The number of carbonyl (C=O) groups excluding carboxylic acids is 1. The molecule has 3 atom stereocenters. The Hall–Kier alpha value is -1.39. The minimum absolute atomic E-state index is 0.190. The van der Waals surface area contributed by atoms with Gasteiger partial charge < -0.3 is 9.64 Å². The number of carbonyl (C=O) groups is 1. The molecule has 0 radical (unpaired) electrons. The van der Waals surface area contributed by atoms with Crippen LogP contribution in [0.15, 0.2) is 30.3 Å². The smallest absolute Gasteiger partial charge is 0.251 e. The fourth-order valence-electron chi connectivity index (χ4n) is 3.62. The van der Waals surface area contributed by atoms with E-state index in [0.717, 1.165) is 39.1 Å². The molecule has 0 N–H and O–H groups in total. The monoisotopic (exact) mass is 302 g/mol. The first kappa shape index (κ1) is 15.5. The average molecular weight is 302 g/mol. The predicted octanol–water partition coefficient (Wildman–Crippen LogP) is 2.29. The minimum atomic E-state index is -0.194. The van der Waals surface area contributed by atoms with Crippen LogP contribution in [0.5, 0.6) is 0 Å². The molecule has 2 heterocycles. The molecular weight excluding hydrogens is 276 g/mol. The van der Waals surface area contributed by atoms with Gasteiger partial charge in [-0.3, -0.25) is 9.69 Å². The van der Waals surface area contributed by atoms with E-state index < -0.39 is 0 Å².